The van der Waals surface area contributed by atoms with Crippen molar-refractivity contribution in [3.05, 3.63) is 42.2 Å². The van der Waals surface area contributed by atoms with Gasteiger partial charge in [-0.3, -0.25) is 4.79 Å². The van der Waals surface area contributed by atoms with Gasteiger partial charge in [-0.2, -0.15) is 0 Å². The second-order valence-corrected chi connectivity index (χ2v) is 6.95. The first-order valence-corrected chi connectivity index (χ1v) is 9.57. The van der Waals surface area contributed by atoms with Crippen LogP contribution in [0.25, 0.3) is 0 Å². The van der Waals surface area contributed by atoms with E-state index in [1.54, 1.807) is 12.4 Å². The number of amides is 1. The molecule has 0 bridgehead atoms. The van der Waals surface area contributed by atoms with Gasteiger partial charge in [-0.1, -0.05) is 12.1 Å². The van der Waals surface area contributed by atoms with E-state index in [0.717, 1.165) is 50.6 Å². The van der Waals surface area contributed by atoms with E-state index in [9.17, 15) is 4.79 Å². The Bertz CT molecular complexity index is 760. The van der Waals surface area contributed by atoms with Gasteiger partial charge in [0.15, 0.2) is 0 Å². The molecule has 150 valence electrons. The number of hydrogen-bond acceptors (Lipinski definition) is 7. The van der Waals surface area contributed by atoms with Crippen molar-refractivity contribution in [2.24, 2.45) is 0 Å². The van der Waals surface area contributed by atoms with Crippen LogP contribution in [0.3, 0.4) is 0 Å². The monoisotopic (exact) mass is 384 g/mol. The molecule has 8 heteroatoms. The molecular weight excluding hydrogens is 356 g/mol. The highest BCUT2D eigenvalue weighted by molar-refractivity contribution is 5.93. The second-order valence-electron chi connectivity index (χ2n) is 6.95. The van der Waals surface area contributed by atoms with Crippen LogP contribution in [-0.4, -0.2) is 74.3 Å². The largest absolute Gasteiger partial charge is 0.378 e. The van der Waals surface area contributed by atoms with Gasteiger partial charge in [0.25, 0.3) is 5.91 Å². The Labute approximate surface area is 165 Å². The molecule has 1 aromatic carbocycles. The van der Waals surface area contributed by atoms with Crippen molar-refractivity contribution in [3.8, 4) is 0 Å². The molecule has 1 amide bonds. The van der Waals surface area contributed by atoms with E-state index in [1.165, 1.54) is 0 Å². The predicted molar refractivity (Wildman–Crippen MR) is 110 cm³/mol. The van der Waals surface area contributed by atoms with Crippen LogP contribution in [0.2, 0.25) is 0 Å². The fourth-order valence-corrected chi connectivity index (χ4v) is 2.99. The number of nitrogens with zero attached hydrogens (tertiary/aromatic N) is 4. The molecule has 8 nitrogen and oxygen atoms in total. The summed E-state index contributed by atoms with van der Waals surface area (Å²) in [6.45, 7) is 4.72. The van der Waals surface area contributed by atoms with Crippen LogP contribution >= 0.6 is 0 Å². The van der Waals surface area contributed by atoms with Crippen LogP contribution in [0.15, 0.2) is 36.7 Å². The second kappa shape index (κ2) is 10.0. The molecule has 0 atom stereocenters. The summed E-state index contributed by atoms with van der Waals surface area (Å²) < 4.78 is 5.43. The highest BCUT2D eigenvalue weighted by Crippen LogP contribution is 2.28. The number of carbonyl (C=O) groups is 1. The van der Waals surface area contributed by atoms with Crippen molar-refractivity contribution < 1.29 is 9.53 Å². The number of aromatic nitrogens is 2. The molecule has 28 heavy (non-hydrogen) atoms. The van der Waals surface area contributed by atoms with Gasteiger partial charge in [0.1, 0.15) is 0 Å². The van der Waals surface area contributed by atoms with Gasteiger partial charge in [-0.25, -0.2) is 9.97 Å². The molecule has 2 heterocycles. The third kappa shape index (κ3) is 5.64. The molecule has 1 saturated heterocycles. The number of carbonyl (C=O) groups excluding carboxylic acids is 1. The highest BCUT2D eigenvalue weighted by atomic mass is 16.5. The number of para-hydroxylation sites is 2. The van der Waals surface area contributed by atoms with Gasteiger partial charge >= 0.3 is 0 Å². The van der Waals surface area contributed by atoms with Crippen LogP contribution in [0, 0.1) is 0 Å². The highest BCUT2D eigenvalue weighted by Gasteiger charge is 2.15. The van der Waals surface area contributed by atoms with Crippen molar-refractivity contribution in [2.75, 3.05) is 63.7 Å². The van der Waals surface area contributed by atoms with E-state index in [4.69, 9.17) is 4.74 Å². The number of hydrogen-bond donors (Lipinski definition) is 2. The van der Waals surface area contributed by atoms with Crippen molar-refractivity contribution >= 4 is 23.2 Å². The van der Waals surface area contributed by atoms with Gasteiger partial charge in [-0.15, -0.1) is 0 Å². The fourth-order valence-electron chi connectivity index (χ4n) is 2.99. The zero-order valence-corrected chi connectivity index (χ0v) is 16.5. The first kappa shape index (κ1) is 20.0. The number of benzene rings is 1. The average Bonchev–Trinajstić information content (AvgIpc) is 2.72. The Morgan fingerprint density at radius 1 is 1.18 bits per heavy atom. The SMILES string of the molecule is CN(C)CCCNC(=O)c1cnc(Nc2ccccc2N2CCOCC2)nc1. The Morgan fingerprint density at radius 2 is 1.89 bits per heavy atom. The van der Waals surface area contributed by atoms with E-state index in [1.807, 2.05) is 32.3 Å². The van der Waals surface area contributed by atoms with Crippen LogP contribution in [0.5, 0.6) is 0 Å². The van der Waals surface area contributed by atoms with Crippen LogP contribution in [0.4, 0.5) is 17.3 Å². The third-order valence-electron chi connectivity index (χ3n) is 4.48. The molecule has 0 spiro atoms. The van der Waals surface area contributed by atoms with E-state index in [0.29, 0.717) is 18.1 Å². The van der Waals surface area contributed by atoms with Gasteiger partial charge in [0, 0.05) is 32.0 Å². The van der Waals surface area contributed by atoms with Crippen LogP contribution in [-0.2, 0) is 4.74 Å². The zero-order valence-electron chi connectivity index (χ0n) is 16.5. The van der Waals surface area contributed by atoms with E-state index >= 15 is 0 Å². The normalized spacial score (nSPS) is 14.2. The number of nitrogens with one attached hydrogen (secondary N) is 2. The quantitative estimate of drug-likeness (QED) is 0.671. The Kier molecular flexibility index (Phi) is 7.16. The first-order valence-electron chi connectivity index (χ1n) is 9.57. The Morgan fingerprint density at radius 3 is 2.61 bits per heavy atom. The summed E-state index contributed by atoms with van der Waals surface area (Å²) in [4.78, 5) is 25.1. The molecule has 2 aromatic rings. The Hall–Kier alpha value is -2.71. The number of rotatable bonds is 8. The smallest absolute Gasteiger partial charge is 0.254 e. The van der Waals surface area contributed by atoms with Gasteiger partial charge < -0.3 is 25.2 Å². The van der Waals surface area contributed by atoms with Crippen molar-refractivity contribution in [1.82, 2.24) is 20.2 Å². The molecule has 0 saturated carbocycles. The first-order chi connectivity index (χ1) is 13.6. The summed E-state index contributed by atoms with van der Waals surface area (Å²) in [5.74, 6) is 0.309. The molecule has 1 aliphatic heterocycles. The summed E-state index contributed by atoms with van der Waals surface area (Å²) in [5.41, 5.74) is 2.49. The topological polar surface area (TPSA) is 82.6 Å². The maximum Gasteiger partial charge on any atom is 0.254 e. The minimum absolute atomic E-state index is 0.154. The Balaban J connectivity index is 1.59. The third-order valence-corrected chi connectivity index (χ3v) is 4.48. The lowest BCUT2D eigenvalue weighted by atomic mass is 10.2. The predicted octanol–water partition coefficient (Wildman–Crippen LogP) is 1.74. The molecular formula is C20H28N6O2. The number of morpholine rings is 1. The molecule has 1 aromatic heterocycles. The number of anilines is 3. The molecule has 0 radical (unpaired) electrons. The average molecular weight is 384 g/mol. The lowest BCUT2D eigenvalue weighted by Crippen LogP contribution is -2.36. The minimum Gasteiger partial charge on any atom is -0.378 e. The van der Waals surface area contributed by atoms with E-state index < -0.39 is 0 Å². The molecule has 0 aliphatic carbocycles. The lowest BCUT2D eigenvalue weighted by Gasteiger charge is -2.30. The molecule has 3 rings (SSSR count). The molecule has 0 unspecified atom stereocenters. The van der Waals surface area contributed by atoms with Gasteiger partial charge in [0.05, 0.1) is 30.2 Å². The van der Waals surface area contributed by atoms with Crippen LogP contribution < -0.4 is 15.5 Å². The maximum absolute atomic E-state index is 12.2. The minimum atomic E-state index is -0.154. The molecule has 1 fully saturated rings. The maximum atomic E-state index is 12.2. The zero-order chi connectivity index (χ0) is 19.8. The van der Waals surface area contributed by atoms with Crippen molar-refractivity contribution in [2.45, 2.75) is 6.42 Å². The van der Waals surface area contributed by atoms with E-state index in [2.05, 4.69) is 36.5 Å². The van der Waals surface area contributed by atoms with Crippen molar-refractivity contribution in [3.63, 3.8) is 0 Å². The standard InChI is InChI=1S/C20H28N6O2/c1-25(2)9-5-8-21-19(27)16-14-22-20(23-15-16)24-17-6-3-4-7-18(17)26-10-12-28-13-11-26/h3-4,6-7,14-15H,5,8-13H2,1-2H3,(H,21,27)(H,22,23,24). The number of ether oxygens (including phenoxy) is 1. The summed E-state index contributed by atoms with van der Waals surface area (Å²) >= 11 is 0. The summed E-state index contributed by atoms with van der Waals surface area (Å²) in [6.07, 6.45) is 4.00. The molecule has 2 N–H and O–H groups in total. The fraction of sp³-hybridized carbons (Fsp3) is 0.450. The summed E-state index contributed by atoms with van der Waals surface area (Å²) in [5, 5.41) is 6.15. The van der Waals surface area contributed by atoms with Crippen LogP contribution in [0.1, 0.15) is 16.8 Å². The molecule has 1 aliphatic rings. The van der Waals surface area contributed by atoms with E-state index in [-0.39, 0.29) is 5.91 Å². The van der Waals surface area contributed by atoms with Gasteiger partial charge in [0.2, 0.25) is 5.95 Å². The summed E-state index contributed by atoms with van der Waals surface area (Å²) in [6, 6.07) is 8.06. The lowest BCUT2D eigenvalue weighted by molar-refractivity contribution is 0.0951. The summed E-state index contributed by atoms with van der Waals surface area (Å²) in [7, 11) is 4.02. The van der Waals surface area contributed by atoms with Gasteiger partial charge in [-0.05, 0) is 39.2 Å². The van der Waals surface area contributed by atoms with Crippen molar-refractivity contribution in [1.29, 1.82) is 0 Å².